The number of carbonyl (C=O) groups is 2. The minimum absolute atomic E-state index is 0.00472. The summed E-state index contributed by atoms with van der Waals surface area (Å²) in [6.07, 6.45) is 8.32. The molecule has 188 valence electrons. The molecule has 0 aromatic heterocycles. The van der Waals surface area contributed by atoms with Crippen LogP contribution in [0.25, 0.3) is 12.2 Å². The van der Waals surface area contributed by atoms with Crippen LogP contribution < -0.4 is 10.2 Å². The fourth-order valence-electron chi connectivity index (χ4n) is 2.50. The number of carbonyl (C=O) groups excluding carboxylic acids is 2. The molecule has 0 atom stereocenters. The zero-order valence-corrected chi connectivity index (χ0v) is 23.8. The number of halogens is 2. The van der Waals surface area contributed by atoms with E-state index in [0.717, 1.165) is 0 Å². The van der Waals surface area contributed by atoms with Crippen molar-refractivity contribution in [1.29, 1.82) is 0 Å². The molecule has 0 aliphatic carbocycles. The Kier molecular flexibility index (Phi) is 18.4. The van der Waals surface area contributed by atoms with E-state index in [4.69, 9.17) is 0 Å². The molecule has 2 aromatic rings. The number of rotatable bonds is 10. The standard InChI is InChI=1S/2C10H9FO2.2C4H9.Sn/c2*1-7(10(12)13)6-8-4-2-3-5-9(8)11;2*1-3-4-2;/h2*2-6H,1H3,(H,12,13);2*1,3-4H2,2H3;/q;;;;+2/p-2/b2*7-6+;;;. The topological polar surface area (TPSA) is 80.3 Å². The van der Waals surface area contributed by atoms with Crippen molar-refractivity contribution in [3.63, 3.8) is 0 Å². The number of benzene rings is 2. The predicted octanol–water partition coefficient (Wildman–Crippen LogP) is 5.09. The van der Waals surface area contributed by atoms with Crippen LogP contribution in [0.5, 0.6) is 0 Å². The van der Waals surface area contributed by atoms with E-state index in [0.29, 0.717) is 0 Å². The molecule has 4 nitrogen and oxygen atoms in total. The van der Waals surface area contributed by atoms with Crippen molar-refractivity contribution in [3.05, 3.63) is 82.4 Å². The van der Waals surface area contributed by atoms with Gasteiger partial charge >= 0.3 is 69.5 Å². The van der Waals surface area contributed by atoms with Gasteiger partial charge in [0.1, 0.15) is 11.6 Å². The van der Waals surface area contributed by atoms with Crippen LogP contribution in [0, 0.1) is 11.6 Å². The van der Waals surface area contributed by atoms with Crippen molar-refractivity contribution in [2.45, 2.75) is 62.3 Å². The number of hydrogen-bond acceptors (Lipinski definition) is 4. The summed E-state index contributed by atoms with van der Waals surface area (Å²) >= 11 is 0.149. The molecule has 0 amide bonds. The zero-order chi connectivity index (χ0) is 26.6. The molecule has 7 heteroatoms. The molecule has 2 rings (SSSR count). The Labute approximate surface area is 218 Å². The van der Waals surface area contributed by atoms with E-state index in [1.165, 1.54) is 75.9 Å². The summed E-state index contributed by atoms with van der Waals surface area (Å²) in [4.78, 5) is 20.6. The van der Waals surface area contributed by atoms with Crippen LogP contribution in [0.3, 0.4) is 0 Å². The van der Waals surface area contributed by atoms with Gasteiger partial charge in [0.15, 0.2) is 0 Å². The molecule has 0 saturated heterocycles. The van der Waals surface area contributed by atoms with E-state index in [-0.39, 0.29) is 43.4 Å². The molecule has 0 spiro atoms. The van der Waals surface area contributed by atoms with Crippen molar-refractivity contribution in [2.24, 2.45) is 0 Å². The second-order valence-electron chi connectivity index (χ2n) is 7.73. The monoisotopic (exact) mass is 592 g/mol. The molecule has 0 saturated carbocycles. The van der Waals surface area contributed by atoms with Gasteiger partial charge in [-0.25, -0.2) is 8.78 Å². The molecule has 0 bridgehead atoms. The Morgan fingerprint density at radius 2 is 1.09 bits per heavy atom. The van der Waals surface area contributed by atoms with Crippen molar-refractivity contribution in [3.8, 4) is 0 Å². The second-order valence-corrected chi connectivity index (χ2v) is 12.0. The first kappa shape index (κ1) is 32.5. The summed E-state index contributed by atoms with van der Waals surface area (Å²) < 4.78 is 29.2. The first-order valence-electron chi connectivity index (χ1n) is 11.6. The molecule has 0 fully saturated rings. The quantitative estimate of drug-likeness (QED) is 0.219. The summed E-state index contributed by atoms with van der Waals surface area (Å²) in [5.74, 6) is -3.46. The Bertz CT molecular complexity index is 893. The van der Waals surface area contributed by atoms with Gasteiger partial charge in [0.25, 0.3) is 0 Å². The third-order valence-corrected chi connectivity index (χ3v) is 8.65. The van der Waals surface area contributed by atoms with Crippen LogP contribution in [0.1, 0.15) is 64.5 Å². The fourth-order valence-corrected chi connectivity index (χ4v) is 6.66. The molecule has 0 radical (unpaired) electrons. The summed E-state index contributed by atoms with van der Waals surface area (Å²) in [5.41, 5.74) is 0.517. The molecule has 0 N–H and O–H groups in total. The first-order chi connectivity index (χ1) is 16.6. The van der Waals surface area contributed by atoms with Gasteiger partial charge < -0.3 is 19.8 Å². The average Bonchev–Trinajstić information content (AvgIpc) is 2.82. The Morgan fingerprint density at radius 3 is 1.37 bits per heavy atom. The third-order valence-electron chi connectivity index (χ3n) is 4.61. The zero-order valence-electron chi connectivity index (χ0n) is 20.9. The van der Waals surface area contributed by atoms with Gasteiger partial charge in [-0.1, -0.05) is 36.4 Å². The van der Waals surface area contributed by atoms with Crippen molar-refractivity contribution >= 4 is 45.2 Å². The van der Waals surface area contributed by atoms with E-state index < -0.39 is 23.6 Å². The van der Waals surface area contributed by atoms with Crippen molar-refractivity contribution in [1.82, 2.24) is 0 Å². The van der Waals surface area contributed by atoms with E-state index in [2.05, 4.69) is 13.8 Å². The molecule has 2 aromatic carbocycles. The summed E-state index contributed by atoms with van der Waals surface area (Å²) in [6, 6.07) is 11.9. The summed E-state index contributed by atoms with van der Waals surface area (Å²) in [5, 5.41) is 20.6. The molecular formula is C28H34F2O4Sn. The number of hydrogen-bond donors (Lipinski definition) is 0. The van der Waals surface area contributed by atoms with Gasteiger partial charge in [-0.15, -0.1) is 0 Å². The number of unbranched alkanes of at least 4 members (excludes halogenated alkanes) is 2. The van der Waals surface area contributed by atoms with Gasteiger partial charge in [-0.05, 0) is 49.3 Å². The summed E-state index contributed by atoms with van der Waals surface area (Å²) in [7, 11) is 0. The van der Waals surface area contributed by atoms with Gasteiger partial charge in [-0.2, -0.15) is 0 Å². The minimum atomic E-state index is -1.29. The maximum absolute atomic E-state index is 13.0. The SMILES string of the molecule is C/C(=C\c1ccccc1F)C(=O)[O-].C/C(=C\c1ccccc1F)C(=O)[O-].CCC[CH2][Sn+2][CH2]CCC. The molecule has 35 heavy (non-hydrogen) atoms. The Hall–Kier alpha value is -2.48. The fraction of sp³-hybridized carbons (Fsp3) is 0.357. The van der Waals surface area contributed by atoms with Gasteiger partial charge in [0.05, 0.1) is 11.9 Å². The second kappa shape index (κ2) is 19.8. The molecule has 0 aliphatic rings. The van der Waals surface area contributed by atoms with E-state index in [9.17, 15) is 28.6 Å². The average molecular weight is 591 g/mol. The van der Waals surface area contributed by atoms with Crippen LogP contribution >= 0.6 is 0 Å². The van der Waals surface area contributed by atoms with Gasteiger partial charge in [0, 0.05) is 11.1 Å². The number of aliphatic carboxylic acids is 2. The molecule has 0 unspecified atom stereocenters. The van der Waals surface area contributed by atoms with Crippen LogP contribution in [0.2, 0.25) is 8.87 Å². The van der Waals surface area contributed by atoms with E-state index in [1.54, 1.807) is 33.1 Å². The normalized spacial score (nSPS) is 10.8. The molecule has 0 aliphatic heterocycles. The van der Waals surface area contributed by atoms with E-state index >= 15 is 0 Å². The number of carboxylic acid groups (broad SMARTS) is 2. The van der Waals surface area contributed by atoms with Crippen LogP contribution in [-0.2, 0) is 9.59 Å². The Morgan fingerprint density at radius 1 is 0.743 bits per heavy atom. The molecular weight excluding hydrogens is 557 g/mol. The van der Waals surface area contributed by atoms with Crippen LogP contribution in [0.15, 0.2) is 59.7 Å². The summed E-state index contributed by atoms with van der Waals surface area (Å²) in [6.45, 7) is 7.31. The third kappa shape index (κ3) is 15.9. The van der Waals surface area contributed by atoms with Gasteiger partial charge in [0.2, 0.25) is 0 Å². The first-order valence-corrected chi connectivity index (χ1v) is 15.7. The molecule has 0 heterocycles. The number of carboxylic acids is 2. The van der Waals surface area contributed by atoms with Crippen LogP contribution in [-0.4, -0.2) is 33.1 Å². The van der Waals surface area contributed by atoms with Crippen LogP contribution in [0.4, 0.5) is 8.78 Å². The van der Waals surface area contributed by atoms with Crippen molar-refractivity contribution < 1.29 is 28.6 Å². The van der Waals surface area contributed by atoms with Crippen molar-refractivity contribution in [2.75, 3.05) is 0 Å². The predicted molar refractivity (Wildman–Crippen MR) is 135 cm³/mol. The van der Waals surface area contributed by atoms with Gasteiger partial charge in [-0.3, -0.25) is 0 Å². The maximum atomic E-state index is 13.0. The Balaban J connectivity index is 0.000000506. The van der Waals surface area contributed by atoms with E-state index in [1.807, 2.05) is 0 Å².